The van der Waals surface area contributed by atoms with Crippen molar-refractivity contribution in [3.8, 4) is 0 Å². The largest absolute Gasteiger partial charge is 0.481 e. The summed E-state index contributed by atoms with van der Waals surface area (Å²) < 4.78 is 0. The minimum atomic E-state index is -0.679. The molecular weight excluding hydrogens is 152 g/mol. The standard InChI is InChI=1S/C10H10O2/c11-10(12)9-7-5-3-1-2-4-6-8(7)9/h1-9H,(H,11,12)/b2-1-,5-3-,6-4?/t7-,8+,9?/m0/s1. The van der Waals surface area contributed by atoms with Gasteiger partial charge in [0, 0.05) is 0 Å². The summed E-state index contributed by atoms with van der Waals surface area (Å²) in [5, 5.41) is 8.78. The fourth-order valence-corrected chi connectivity index (χ4v) is 1.70. The maximum atomic E-state index is 10.7. The summed E-state index contributed by atoms with van der Waals surface area (Å²) in [6, 6.07) is 0. The van der Waals surface area contributed by atoms with Gasteiger partial charge in [0.2, 0.25) is 0 Å². The molecule has 62 valence electrons. The summed E-state index contributed by atoms with van der Waals surface area (Å²) in [5.74, 6) is -0.411. The molecule has 2 aliphatic carbocycles. The zero-order valence-electron chi connectivity index (χ0n) is 6.55. The zero-order chi connectivity index (χ0) is 8.55. The average Bonchev–Trinajstić information content (AvgIpc) is 2.60. The molecule has 3 atom stereocenters. The topological polar surface area (TPSA) is 37.3 Å². The van der Waals surface area contributed by atoms with Crippen molar-refractivity contribution in [2.24, 2.45) is 17.8 Å². The number of carboxylic acid groups (broad SMARTS) is 1. The Morgan fingerprint density at radius 1 is 1.00 bits per heavy atom. The van der Waals surface area contributed by atoms with E-state index in [1.165, 1.54) is 0 Å². The smallest absolute Gasteiger partial charge is 0.307 e. The van der Waals surface area contributed by atoms with Gasteiger partial charge >= 0.3 is 5.97 Å². The second-order valence-corrected chi connectivity index (χ2v) is 3.17. The Balaban J connectivity index is 2.17. The molecule has 0 radical (unpaired) electrons. The van der Waals surface area contributed by atoms with Crippen LogP contribution in [0.3, 0.4) is 0 Å². The van der Waals surface area contributed by atoms with Gasteiger partial charge in [-0.3, -0.25) is 4.79 Å². The van der Waals surface area contributed by atoms with Crippen molar-refractivity contribution in [3.63, 3.8) is 0 Å². The lowest BCUT2D eigenvalue weighted by Gasteiger charge is -1.85. The molecule has 0 aromatic heterocycles. The van der Waals surface area contributed by atoms with E-state index < -0.39 is 5.97 Å². The van der Waals surface area contributed by atoms with Crippen molar-refractivity contribution in [2.45, 2.75) is 0 Å². The molecule has 0 aliphatic heterocycles. The molecule has 2 rings (SSSR count). The lowest BCUT2D eigenvalue weighted by molar-refractivity contribution is -0.138. The maximum Gasteiger partial charge on any atom is 0.307 e. The summed E-state index contributed by atoms with van der Waals surface area (Å²) in [6.07, 6.45) is 11.6. The van der Waals surface area contributed by atoms with Crippen LogP contribution in [-0.2, 0) is 4.79 Å². The molecule has 0 saturated heterocycles. The number of fused-ring (bicyclic) bond motifs is 1. The minimum Gasteiger partial charge on any atom is -0.481 e. The van der Waals surface area contributed by atoms with E-state index in [1.807, 2.05) is 36.5 Å². The fourth-order valence-electron chi connectivity index (χ4n) is 1.70. The van der Waals surface area contributed by atoms with E-state index in [9.17, 15) is 4.79 Å². The number of aliphatic carboxylic acids is 1. The van der Waals surface area contributed by atoms with E-state index >= 15 is 0 Å². The number of carbonyl (C=O) groups is 1. The van der Waals surface area contributed by atoms with E-state index in [0.717, 1.165) is 0 Å². The highest BCUT2D eigenvalue weighted by Crippen LogP contribution is 2.48. The SMILES string of the molecule is O=C(O)C1[C@H]2/C=C\C=C/C=C[C@@H]12. The van der Waals surface area contributed by atoms with Crippen molar-refractivity contribution in [1.82, 2.24) is 0 Å². The van der Waals surface area contributed by atoms with Crippen LogP contribution in [0.1, 0.15) is 0 Å². The summed E-state index contributed by atoms with van der Waals surface area (Å²) >= 11 is 0. The van der Waals surface area contributed by atoms with Crippen molar-refractivity contribution >= 4 is 5.97 Å². The van der Waals surface area contributed by atoms with Crippen molar-refractivity contribution in [3.05, 3.63) is 36.5 Å². The van der Waals surface area contributed by atoms with Gasteiger partial charge in [0.05, 0.1) is 5.92 Å². The molecular formula is C10H10O2. The molecule has 0 heterocycles. The molecule has 0 spiro atoms. The lowest BCUT2D eigenvalue weighted by Crippen LogP contribution is -1.99. The summed E-state index contributed by atoms with van der Waals surface area (Å²) in [5.41, 5.74) is 0. The van der Waals surface area contributed by atoms with Crippen molar-refractivity contribution in [2.75, 3.05) is 0 Å². The first-order chi connectivity index (χ1) is 5.80. The van der Waals surface area contributed by atoms with Gasteiger partial charge < -0.3 is 5.11 Å². The first-order valence-corrected chi connectivity index (χ1v) is 4.05. The van der Waals surface area contributed by atoms with Crippen LogP contribution in [0.4, 0.5) is 0 Å². The molecule has 0 amide bonds. The van der Waals surface area contributed by atoms with Gasteiger partial charge in [-0.1, -0.05) is 36.5 Å². The van der Waals surface area contributed by atoms with E-state index in [-0.39, 0.29) is 17.8 Å². The van der Waals surface area contributed by atoms with Crippen molar-refractivity contribution < 1.29 is 9.90 Å². The predicted octanol–water partition coefficient (Wildman–Crippen LogP) is 1.62. The lowest BCUT2D eigenvalue weighted by atomic mass is 10.2. The third-order valence-electron chi connectivity index (χ3n) is 2.42. The molecule has 1 saturated carbocycles. The van der Waals surface area contributed by atoms with Gasteiger partial charge in [0.25, 0.3) is 0 Å². The van der Waals surface area contributed by atoms with Crippen LogP contribution in [-0.4, -0.2) is 11.1 Å². The third-order valence-corrected chi connectivity index (χ3v) is 2.42. The van der Waals surface area contributed by atoms with Gasteiger partial charge in [-0.25, -0.2) is 0 Å². The second kappa shape index (κ2) is 2.63. The van der Waals surface area contributed by atoms with Gasteiger partial charge in [-0.2, -0.15) is 0 Å². The highest BCUT2D eigenvalue weighted by atomic mass is 16.4. The van der Waals surface area contributed by atoms with Gasteiger partial charge in [0.15, 0.2) is 0 Å². The summed E-state index contributed by atoms with van der Waals surface area (Å²) in [4.78, 5) is 10.7. The minimum absolute atomic E-state index is 0.183. The van der Waals surface area contributed by atoms with E-state index in [4.69, 9.17) is 5.11 Å². The third kappa shape index (κ3) is 1.09. The molecule has 2 nitrogen and oxygen atoms in total. The molecule has 12 heavy (non-hydrogen) atoms. The normalized spacial score (nSPS) is 42.2. The second-order valence-electron chi connectivity index (χ2n) is 3.17. The Hall–Kier alpha value is -1.31. The molecule has 1 unspecified atom stereocenters. The molecule has 1 fully saturated rings. The van der Waals surface area contributed by atoms with Crippen LogP contribution in [0.5, 0.6) is 0 Å². The van der Waals surface area contributed by atoms with Crippen molar-refractivity contribution in [1.29, 1.82) is 0 Å². The molecule has 2 aliphatic rings. The monoisotopic (exact) mass is 162 g/mol. The predicted molar refractivity (Wildman–Crippen MR) is 45.5 cm³/mol. The highest BCUT2D eigenvalue weighted by Gasteiger charge is 2.51. The fraction of sp³-hybridized carbons (Fsp3) is 0.300. The van der Waals surface area contributed by atoms with Crippen LogP contribution in [0, 0.1) is 17.8 Å². The first-order valence-electron chi connectivity index (χ1n) is 4.05. The van der Waals surface area contributed by atoms with Crippen LogP contribution < -0.4 is 0 Å². The average molecular weight is 162 g/mol. The van der Waals surface area contributed by atoms with Crippen LogP contribution >= 0.6 is 0 Å². The molecule has 2 heteroatoms. The molecule has 0 bridgehead atoms. The zero-order valence-corrected chi connectivity index (χ0v) is 6.55. The van der Waals surface area contributed by atoms with Gasteiger partial charge in [-0.05, 0) is 11.8 Å². The number of allylic oxidation sites excluding steroid dienone is 6. The molecule has 1 N–H and O–H groups in total. The van der Waals surface area contributed by atoms with Gasteiger partial charge in [-0.15, -0.1) is 0 Å². The Labute approximate surface area is 70.9 Å². The molecule has 0 aromatic carbocycles. The van der Waals surface area contributed by atoms with E-state index in [1.54, 1.807) is 0 Å². The van der Waals surface area contributed by atoms with Crippen LogP contribution in [0.15, 0.2) is 36.5 Å². The Bertz CT molecular complexity index is 264. The Morgan fingerprint density at radius 3 is 1.92 bits per heavy atom. The van der Waals surface area contributed by atoms with Gasteiger partial charge in [0.1, 0.15) is 0 Å². The number of hydrogen-bond acceptors (Lipinski definition) is 1. The summed E-state index contributed by atoms with van der Waals surface area (Å²) in [6.45, 7) is 0. The van der Waals surface area contributed by atoms with E-state index in [2.05, 4.69) is 0 Å². The first kappa shape index (κ1) is 7.35. The Morgan fingerprint density at radius 2 is 1.50 bits per heavy atom. The number of hydrogen-bond donors (Lipinski definition) is 1. The summed E-state index contributed by atoms with van der Waals surface area (Å²) in [7, 11) is 0. The highest BCUT2D eigenvalue weighted by molar-refractivity contribution is 5.75. The number of carboxylic acids is 1. The van der Waals surface area contributed by atoms with E-state index in [0.29, 0.717) is 0 Å². The van der Waals surface area contributed by atoms with Crippen LogP contribution in [0.25, 0.3) is 0 Å². The number of rotatable bonds is 1. The Kier molecular flexibility index (Phi) is 1.61. The quantitative estimate of drug-likeness (QED) is 0.636. The van der Waals surface area contributed by atoms with Crippen LogP contribution in [0.2, 0.25) is 0 Å². The maximum absolute atomic E-state index is 10.7. The molecule has 0 aromatic rings.